The molecule has 11 heteroatoms. The molecule has 0 aromatic rings. The molecule has 1 heterocycles. The maximum Gasteiger partial charge on any atom is 0.472 e. The number of phosphoric ester groups is 2. The van der Waals surface area contributed by atoms with Crippen LogP contribution >= 0.6 is 15.6 Å². The quantitative estimate of drug-likeness (QED) is 0.394. The molecule has 0 spiro atoms. The van der Waals surface area contributed by atoms with E-state index in [0.717, 1.165) is 12.8 Å². The molecule has 132 valence electrons. The molecule has 1 saturated heterocycles. The molecule has 0 saturated carbocycles. The van der Waals surface area contributed by atoms with Gasteiger partial charge in [0.15, 0.2) is 0 Å². The smallest absolute Gasteiger partial charge is 0.370 e. The van der Waals surface area contributed by atoms with Crippen molar-refractivity contribution in [2.24, 2.45) is 0 Å². The van der Waals surface area contributed by atoms with Gasteiger partial charge in [-0.1, -0.05) is 19.8 Å². The number of unbranched alkanes of at least 4 members (excludes halogenated alkanes) is 2. The normalized spacial score (nSPS) is 28.7. The van der Waals surface area contributed by atoms with E-state index in [9.17, 15) is 14.0 Å². The predicted molar refractivity (Wildman–Crippen MR) is 77.1 cm³/mol. The predicted octanol–water partition coefficient (Wildman–Crippen LogP) is 1.97. The molecule has 1 aliphatic rings. The van der Waals surface area contributed by atoms with Crippen LogP contribution in [0.3, 0.4) is 0 Å². The Bertz CT molecular complexity index is 424. The molecule has 0 bridgehead atoms. The minimum absolute atomic E-state index is 0.106. The van der Waals surface area contributed by atoms with Crippen LogP contribution in [0.5, 0.6) is 0 Å². The third-order valence-corrected chi connectivity index (χ3v) is 4.60. The van der Waals surface area contributed by atoms with Crippen LogP contribution in [0, 0.1) is 0 Å². The van der Waals surface area contributed by atoms with Gasteiger partial charge in [0.05, 0.1) is 19.3 Å². The number of phosphoric acid groups is 2. The third-order valence-electron chi connectivity index (χ3n) is 3.06. The first-order chi connectivity index (χ1) is 10.1. The van der Waals surface area contributed by atoms with E-state index in [-0.39, 0.29) is 12.7 Å². The Morgan fingerprint density at radius 2 is 1.86 bits per heavy atom. The molecular weight excluding hydrogens is 338 g/mol. The molecule has 0 aromatic carbocycles. The van der Waals surface area contributed by atoms with Crippen molar-refractivity contribution in [1.29, 1.82) is 0 Å². The van der Waals surface area contributed by atoms with Crippen molar-refractivity contribution < 1.29 is 42.1 Å². The minimum Gasteiger partial charge on any atom is -0.370 e. The Hall–Kier alpha value is 0.180. The Kier molecular flexibility index (Phi) is 8.16. The van der Waals surface area contributed by atoms with Gasteiger partial charge in [-0.3, -0.25) is 13.6 Å². The third kappa shape index (κ3) is 8.15. The van der Waals surface area contributed by atoms with E-state index in [1.54, 1.807) is 6.92 Å². The number of rotatable bonds is 10. The minimum atomic E-state index is -4.64. The topological polar surface area (TPSA) is 132 Å². The van der Waals surface area contributed by atoms with Crippen LogP contribution in [0.4, 0.5) is 0 Å². The van der Waals surface area contributed by atoms with Crippen LogP contribution in [0.1, 0.15) is 39.5 Å². The lowest BCUT2D eigenvalue weighted by molar-refractivity contribution is -0.0188. The summed E-state index contributed by atoms with van der Waals surface area (Å²) >= 11 is 0. The van der Waals surface area contributed by atoms with Gasteiger partial charge in [0, 0.05) is 6.42 Å². The van der Waals surface area contributed by atoms with Gasteiger partial charge >= 0.3 is 15.6 Å². The van der Waals surface area contributed by atoms with Crippen LogP contribution in [0.15, 0.2) is 0 Å². The number of hydrogen-bond donors (Lipinski definition) is 3. The summed E-state index contributed by atoms with van der Waals surface area (Å²) in [6.07, 6.45) is 0.824. The number of hydrogen-bond acceptors (Lipinski definition) is 6. The Balaban J connectivity index is 2.49. The monoisotopic (exact) mass is 362 g/mol. The molecule has 3 N–H and O–H groups in total. The van der Waals surface area contributed by atoms with E-state index in [0.29, 0.717) is 12.8 Å². The standard InChI is InChI=1S/C11H24O9P2/c1-3-4-5-6-17-22(15,16)20-10-7-9(2)19-11(10)8-18-21(12,13)14/h9-11H,3-8H2,1-2H3,(H,15,16)(H2,12,13,14). The van der Waals surface area contributed by atoms with E-state index in [4.69, 9.17) is 23.6 Å². The summed E-state index contributed by atoms with van der Waals surface area (Å²) in [6.45, 7) is 3.39. The first-order valence-electron chi connectivity index (χ1n) is 7.14. The Labute approximate surface area is 129 Å². The van der Waals surface area contributed by atoms with Crippen molar-refractivity contribution >= 4 is 15.6 Å². The maximum absolute atomic E-state index is 11.8. The summed E-state index contributed by atoms with van der Waals surface area (Å²) in [5, 5.41) is 0. The van der Waals surface area contributed by atoms with Gasteiger partial charge in [0.2, 0.25) is 0 Å². The van der Waals surface area contributed by atoms with Crippen molar-refractivity contribution in [2.45, 2.75) is 57.8 Å². The first-order valence-corrected chi connectivity index (χ1v) is 10.2. The Morgan fingerprint density at radius 1 is 1.18 bits per heavy atom. The maximum atomic E-state index is 11.8. The fraction of sp³-hybridized carbons (Fsp3) is 1.00. The average molecular weight is 362 g/mol. The molecule has 0 amide bonds. The fourth-order valence-corrected chi connectivity index (χ4v) is 3.41. The van der Waals surface area contributed by atoms with Crippen molar-refractivity contribution in [3.05, 3.63) is 0 Å². The highest BCUT2D eigenvalue weighted by atomic mass is 31.2. The largest absolute Gasteiger partial charge is 0.472 e. The summed E-state index contributed by atoms with van der Waals surface area (Å²) in [5.74, 6) is 0. The SMILES string of the molecule is CCCCCOP(=O)(O)OC1CC(C)OC1COP(=O)(O)O. The first kappa shape index (κ1) is 20.2. The summed E-state index contributed by atoms with van der Waals surface area (Å²) in [7, 11) is -8.88. The molecule has 4 atom stereocenters. The van der Waals surface area contributed by atoms with E-state index >= 15 is 0 Å². The van der Waals surface area contributed by atoms with E-state index < -0.39 is 34.5 Å². The highest BCUT2D eigenvalue weighted by molar-refractivity contribution is 7.47. The highest BCUT2D eigenvalue weighted by Crippen LogP contribution is 2.48. The van der Waals surface area contributed by atoms with E-state index in [2.05, 4.69) is 4.52 Å². The second-order valence-corrected chi connectivity index (χ2v) is 7.81. The Morgan fingerprint density at radius 3 is 2.45 bits per heavy atom. The molecule has 1 rings (SSSR count). The molecule has 9 nitrogen and oxygen atoms in total. The van der Waals surface area contributed by atoms with Gasteiger partial charge < -0.3 is 19.4 Å². The lowest BCUT2D eigenvalue weighted by atomic mass is 10.1. The van der Waals surface area contributed by atoms with Crippen LogP contribution < -0.4 is 0 Å². The second kappa shape index (κ2) is 8.87. The van der Waals surface area contributed by atoms with Crippen molar-refractivity contribution in [1.82, 2.24) is 0 Å². The summed E-state index contributed by atoms with van der Waals surface area (Å²) in [6, 6.07) is 0. The van der Waals surface area contributed by atoms with Crippen LogP contribution in [0.25, 0.3) is 0 Å². The van der Waals surface area contributed by atoms with Gasteiger partial charge in [-0.05, 0) is 13.3 Å². The molecule has 0 aliphatic carbocycles. The lowest BCUT2D eigenvalue weighted by Gasteiger charge is -2.21. The van der Waals surface area contributed by atoms with Crippen LogP contribution in [-0.4, -0.2) is 46.2 Å². The molecule has 0 radical (unpaired) electrons. The zero-order valence-corrected chi connectivity index (χ0v) is 14.4. The van der Waals surface area contributed by atoms with E-state index in [1.807, 2.05) is 6.92 Å². The molecule has 0 aromatic heterocycles. The van der Waals surface area contributed by atoms with E-state index in [1.165, 1.54) is 0 Å². The average Bonchev–Trinajstić information content (AvgIpc) is 2.71. The molecule has 4 unspecified atom stereocenters. The van der Waals surface area contributed by atoms with Crippen LogP contribution in [-0.2, 0) is 27.4 Å². The second-order valence-electron chi connectivity index (χ2n) is 5.16. The van der Waals surface area contributed by atoms with Crippen molar-refractivity contribution in [3.8, 4) is 0 Å². The summed E-state index contributed by atoms with van der Waals surface area (Å²) in [5.41, 5.74) is 0. The highest BCUT2D eigenvalue weighted by Gasteiger charge is 2.40. The molecule has 1 aliphatic heterocycles. The van der Waals surface area contributed by atoms with Gasteiger partial charge in [-0.2, -0.15) is 0 Å². The lowest BCUT2D eigenvalue weighted by Crippen LogP contribution is -2.28. The zero-order chi connectivity index (χ0) is 16.8. The zero-order valence-electron chi connectivity index (χ0n) is 12.7. The van der Waals surface area contributed by atoms with Gasteiger partial charge in [-0.25, -0.2) is 9.13 Å². The molecule has 22 heavy (non-hydrogen) atoms. The van der Waals surface area contributed by atoms with Crippen molar-refractivity contribution in [2.75, 3.05) is 13.2 Å². The molecular formula is C11H24O9P2. The van der Waals surface area contributed by atoms with Gasteiger partial charge in [-0.15, -0.1) is 0 Å². The summed E-state index contributed by atoms with van der Waals surface area (Å²) in [4.78, 5) is 27.1. The van der Waals surface area contributed by atoms with Crippen molar-refractivity contribution in [3.63, 3.8) is 0 Å². The van der Waals surface area contributed by atoms with Gasteiger partial charge in [0.25, 0.3) is 0 Å². The fourth-order valence-electron chi connectivity index (χ4n) is 2.08. The number of ether oxygens (including phenoxy) is 1. The summed E-state index contributed by atoms with van der Waals surface area (Å²) < 4.78 is 42.2. The molecule has 1 fully saturated rings. The van der Waals surface area contributed by atoms with Gasteiger partial charge in [0.1, 0.15) is 12.2 Å². The van der Waals surface area contributed by atoms with Crippen LogP contribution in [0.2, 0.25) is 0 Å².